The lowest BCUT2D eigenvalue weighted by atomic mass is 10.2. The van der Waals surface area contributed by atoms with E-state index in [0.29, 0.717) is 22.8 Å². The average Bonchev–Trinajstić information content (AvgIpc) is 3.34. The molecule has 3 aromatic heterocycles. The van der Waals surface area contributed by atoms with Gasteiger partial charge in [0.2, 0.25) is 5.89 Å². The highest BCUT2D eigenvalue weighted by atomic mass is 32.2. The normalized spacial score (nSPS) is 11.0. The number of aryl methyl sites for hydroxylation is 1. The number of nitrogens with zero attached hydrogens (tertiary/aromatic N) is 3. The van der Waals surface area contributed by atoms with E-state index in [9.17, 15) is 0 Å². The molecule has 4 aromatic rings. The van der Waals surface area contributed by atoms with Crippen molar-refractivity contribution in [1.82, 2.24) is 15.2 Å². The predicted molar refractivity (Wildman–Crippen MR) is 93.8 cm³/mol. The molecule has 0 aliphatic carbocycles. The Morgan fingerprint density at radius 2 is 1.88 bits per heavy atom. The molecule has 0 N–H and O–H groups in total. The zero-order chi connectivity index (χ0) is 16.4. The molecule has 3 heterocycles. The predicted octanol–water partition coefficient (Wildman–Crippen LogP) is 5.05. The van der Waals surface area contributed by atoms with Gasteiger partial charge in [-0.2, -0.15) is 0 Å². The first-order valence-electron chi connectivity index (χ1n) is 7.31. The number of benzene rings is 1. The summed E-state index contributed by atoms with van der Waals surface area (Å²) in [5.41, 5.74) is 1.85. The molecule has 0 amide bonds. The number of rotatable bonds is 5. The van der Waals surface area contributed by atoms with Crippen LogP contribution in [-0.4, -0.2) is 15.2 Å². The highest BCUT2D eigenvalue weighted by molar-refractivity contribution is 7.98. The Balaban J connectivity index is 1.48. The van der Waals surface area contributed by atoms with E-state index in [0.717, 1.165) is 21.9 Å². The lowest BCUT2D eigenvalue weighted by molar-refractivity contribution is 0.466. The Kier molecular flexibility index (Phi) is 4.18. The van der Waals surface area contributed by atoms with Crippen molar-refractivity contribution in [2.24, 2.45) is 0 Å². The Morgan fingerprint density at radius 1 is 1.00 bits per heavy atom. The first-order valence-corrected chi connectivity index (χ1v) is 9.18. The molecule has 0 radical (unpaired) electrons. The molecule has 0 aliphatic heterocycles. The van der Waals surface area contributed by atoms with Gasteiger partial charge in [0, 0.05) is 11.3 Å². The SMILES string of the molecule is Cc1oc(-c2ccccc2)nc1CSc1nnc(-c2cccs2)o1. The maximum atomic E-state index is 5.76. The van der Waals surface area contributed by atoms with Crippen LogP contribution in [0.5, 0.6) is 0 Å². The molecule has 0 atom stereocenters. The molecule has 0 spiro atoms. The highest BCUT2D eigenvalue weighted by Crippen LogP contribution is 2.30. The van der Waals surface area contributed by atoms with Crippen molar-refractivity contribution in [2.45, 2.75) is 17.9 Å². The fraction of sp³-hybridized carbons (Fsp3) is 0.118. The van der Waals surface area contributed by atoms with Gasteiger partial charge >= 0.3 is 0 Å². The van der Waals surface area contributed by atoms with E-state index in [-0.39, 0.29) is 0 Å². The van der Waals surface area contributed by atoms with Gasteiger partial charge in [-0.1, -0.05) is 36.0 Å². The number of aromatic nitrogens is 3. The molecule has 24 heavy (non-hydrogen) atoms. The third-order valence-electron chi connectivity index (χ3n) is 3.38. The quantitative estimate of drug-likeness (QED) is 0.467. The number of hydrogen-bond acceptors (Lipinski definition) is 7. The van der Waals surface area contributed by atoms with Crippen molar-refractivity contribution in [2.75, 3.05) is 0 Å². The molecule has 0 bridgehead atoms. The zero-order valence-electron chi connectivity index (χ0n) is 12.8. The largest absolute Gasteiger partial charge is 0.441 e. The number of oxazole rings is 1. The number of thioether (sulfide) groups is 1. The van der Waals surface area contributed by atoms with Gasteiger partial charge in [0.15, 0.2) is 0 Å². The Labute approximate surface area is 146 Å². The molecule has 120 valence electrons. The van der Waals surface area contributed by atoms with Gasteiger partial charge in [-0.15, -0.1) is 21.5 Å². The van der Waals surface area contributed by atoms with Crippen molar-refractivity contribution >= 4 is 23.1 Å². The summed E-state index contributed by atoms with van der Waals surface area (Å²) in [4.78, 5) is 5.55. The minimum absolute atomic E-state index is 0.530. The summed E-state index contributed by atoms with van der Waals surface area (Å²) >= 11 is 3.03. The van der Waals surface area contributed by atoms with E-state index < -0.39 is 0 Å². The van der Waals surface area contributed by atoms with Crippen molar-refractivity contribution in [3.8, 4) is 22.2 Å². The molecule has 0 aliphatic rings. The molecule has 7 heteroatoms. The van der Waals surface area contributed by atoms with E-state index in [2.05, 4.69) is 15.2 Å². The molecule has 0 fully saturated rings. The van der Waals surface area contributed by atoms with Crippen molar-refractivity contribution in [3.63, 3.8) is 0 Å². The Bertz CT molecular complexity index is 930. The van der Waals surface area contributed by atoms with Crippen LogP contribution >= 0.6 is 23.1 Å². The average molecular weight is 355 g/mol. The van der Waals surface area contributed by atoms with E-state index in [4.69, 9.17) is 8.83 Å². The summed E-state index contributed by atoms with van der Waals surface area (Å²) in [6.45, 7) is 1.92. The van der Waals surface area contributed by atoms with Crippen LogP contribution in [0.1, 0.15) is 11.5 Å². The summed E-state index contributed by atoms with van der Waals surface area (Å²) in [5.74, 6) is 2.61. The van der Waals surface area contributed by atoms with Crippen LogP contribution in [0.25, 0.3) is 22.2 Å². The van der Waals surface area contributed by atoms with Crippen LogP contribution in [0.4, 0.5) is 0 Å². The maximum absolute atomic E-state index is 5.76. The minimum atomic E-state index is 0.530. The third kappa shape index (κ3) is 3.13. The monoisotopic (exact) mass is 355 g/mol. The summed E-state index contributed by atoms with van der Waals surface area (Å²) < 4.78 is 11.4. The van der Waals surface area contributed by atoms with Gasteiger partial charge in [0.05, 0.1) is 10.6 Å². The summed E-state index contributed by atoms with van der Waals surface area (Å²) in [6, 6.07) is 13.8. The van der Waals surface area contributed by atoms with Gasteiger partial charge in [0.25, 0.3) is 11.1 Å². The van der Waals surface area contributed by atoms with Gasteiger partial charge in [-0.25, -0.2) is 4.98 Å². The second-order valence-electron chi connectivity index (χ2n) is 5.03. The van der Waals surface area contributed by atoms with Gasteiger partial charge in [-0.3, -0.25) is 0 Å². The van der Waals surface area contributed by atoms with Crippen LogP contribution in [0, 0.1) is 6.92 Å². The topological polar surface area (TPSA) is 65.0 Å². The highest BCUT2D eigenvalue weighted by Gasteiger charge is 2.14. The molecule has 0 saturated carbocycles. The summed E-state index contributed by atoms with van der Waals surface area (Å²) in [6.07, 6.45) is 0. The number of hydrogen-bond donors (Lipinski definition) is 0. The zero-order valence-corrected chi connectivity index (χ0v) is 14.4. The molecular formula is C17H13N3O2S2. The third-order valence-corrected chi connectivity index (χ3v) is 5.07. The smallest absolute Gasteiger partial charge is 0.277 e. The van der Waals surface area contributed by atoms with E-state index in [1.807, 2.05) is 54.8 Å². The fourth-order valence-corrected chi connectivity index (χ4v) is 3.57. The van der Waals surface area contributed by atoms with Crippen LogP contribution < -0.4 is 0 Å². The van der Waals surface area contributed by atoms with Crippen LogP contribution in [0.15, 0.2) is 61.9 Å². The second-order valence-corrected chi connectivity index (χ2v) is 6.90. The molecule has 5 nitrogen and oxygen atoms in total. The van der Waals surface area contributed by atoms with Gasteiger partial charge < -0.3 is 8.83 Å². The van der Waals surface area contributed by atoms with Crippen LogP contribution in [0.3, 0.4) is 0 Å². The van der Waals surface area contributed by atoms with Crippen LogP contribution in [0.2, 0.25) is 0 Å². The standard InChI is InChI=1S/C17H13N3O2S2/c1-11-13(18-15(21-11)12-6-3-2-4-7-12)10-24-17-20-19-16(22-17)14-8-5-9-23-14/h2-9H,10H2,1H3. The van der Waals surface area contributed by atoms with Crippen molar-refractivity contribution in [1.29, 1.82) is 0 Å². The van der Waals surface area contributed by atoms with E-state index in [1.54, 1.807) is 11.3 Å². The molecule has 1 aromatic carbocycles. The Hall–Kier alpha value is -2.38. The fourth-order valence-electron chi connectivity index (χ4n) is 2.16. The lowest BCUT2D eigenvalue weighted by Crippen LogP contribution is -1.84. The van der Waals surface area contributed by atoms with Crippen molar-refractivity contribution < 1.29 is 8.83 Å². The molecule has 0 unspecified atom stereocenters. The van der Waals surface area contributed by atoms with Gasteiger partial charge in [-0.05, 0) is 30.5 Å². The second kappa shape index (κ2) is 6.62. The van der Waals surface area contributed by atoms with Crippen molar-refractivity contribution in [3.05, 3.63) is 59.3 Å². The first kappa shape index (κ1) is 15.2. The van der Waals surface area contributed by atoms with E-state index in [1.165, 1.54) is 11.8 Å². The minimum Gasteiger partial charge on any atom is -0.441 e. The first-order chi connectivity index (χ1) is 11.8. The van der Waals surface area contributed by atoms with E-state index >= 15 is 0 Å². The molecule has 0 saturated heterocycles. The Morgan fingerprint density at radius 3 is 2.67 bits per heavy atom. The van der Waals surface area contributed by atoms with Gasteiger partial charge in [0.1, 0.15) is 5.76 Å². The summed E-state index contributed by atoms with van der Waals surface area (Å²) in [7, 11) is 0. The maximum Gasteiger partial charge on any atom is 0.277 e. The summed E-state index contributed by atoms with van der Waals surface area (Å²) in [5, 5.41) is 10.7. The number of thiophene rings is 1. The molecule has 4 rings (SSSR count). The molecular weight excluding hydrogens is 342 g/mol. The lowest BCUT2D eigenvalue weighted by Gasteiger charge is -1.93. The van der Waals surface area contributed by atoms with Crippen LogP contribution in [-0.2, 0) is 5.75 Å².